The van der Waals surface area contributed by atoms with E-state index in [0.717, 1.165) is 24.2 Å². The van der Waals surface area contributed by atoms with Crippen LogP contribution in [-0.2, 0) is 10.0 Å². The van der Waals surface area contributed by atoms with E-state index in [-0.39, 0.29) is 8.68 Å². The highest BCUT2D eigenvalue weighted by molar-refractivity contribution is 7.91. The van der Waals surface area contributed by atoms with Crippen molar-refractivity contribution in [2.24, 2.45) is 5.92 Å². The van der Waals surface area contributed by atoms with Crippen LogP contribution in [-0.4, -0.2) is 31.3 Å². The number of rotatable bonds is 4. The molecule has 1 fully saturated rings. The number of thiazole rings is 1. The van der Waals surface area contributed by atoms with Crippen molar-refractivity contribution in [3.05, 3.63) is 10.7 Å². The van der Waals surface area contributed by atoms with Gasteiger partial charge in [-0.1, -0.05) is 22.9 Å². The number of halogens is 1. The van der Waals surface area contributed by atoms with Crippen molar-refractivity contribution in [2.75, 3.05) is 13.6 Å². The minimum atomic E-state index is -3.37. The third-order valence-corrected chi connectivity index (χ3v) is 5.71. The standard InChI is InChI=1S/C8H11ClN2O2S2/c1-11(5-6-2-3-6)15(12,13)7-4-10-8(9)14-7/h4,6H,2-3,5H2,1H3. The van der Waals surface area contributed by atoms with Crippen molar-refractivity contribution in [2.45, 2.75) is 17.1 Å². The molecule has 0 bridgehead atoms. The maximum absolute atomic E-state index is 11.9. The summed E-state index contributed by atoms with van der Waals surface area (Å²) in [5, 5.41) is 0. The highest BCUT2D eigenvalue weighted by atomic mass is 35.5. The monoisotopic (exact) mass is 266 g/mol. The van der Waals surface area contributed by atoms with E-state index >= 15 is 0 Å². The number of sulfonamides is 1. The summed E-state index contributed by atoms with van der Waals surface area (Å²) in [6.45, 7) is 0.595. The van der Waals surface area contributed by atoms with Gasteiger partial charge in [-0.2, -0.15) is 4.31 Å². The first-order valence-electron chi connectivity index (χ1n) is 4.58. The molecule has 1 aromatic rings. The van der Waals surface area contributed by atoms with Gasteiger partial charge in [0.15, 0.2) is 8.68 Å². The van der Waals surface area contributed by atoms with Crippen LogP contribution in [0.15, 0.2) is 10.4 Å². The van der Waals surface area contributed by atoms with E-state index in [9.17, 15) is 8.42 Å². The molecular weight excluding hydrogens is 256 g/mol. The Morgan fingerprint density at radius 1 is 1.67 bits per heavy atom. The van der Waals surface area contributed by atoms with Crippen LogP contribution in [0.1, 0.15) is 12.8 Å². The summed E-state index contributed by atoms with van der Waals surface area (Å²) in [5.41, 5.74) is 0. The van der Waals surface area contributed by atoms with Crippen LogP contribution in [0.25, 0.3) is 0 Å². The van der Waals surface area contributed by atoms with Crippen molar-refractivity contribution in [1.82, 2.24) is 9.29 Å². The van der Waals surface area contributed by atoms with Gasteiger partial charge in [0.1, 0.15) is 0 Å². The van der Waals surface area contributed by atoms with E-state index in [1.807, 2.05) is 0 Å². The molecule has 0 saturated heterocycles. The Labute approximate surface area is 97.9 Å². The average molecular weight is 267 g/mol. The van der Waals surface area contributed by atoms with E-state index < -0.39 is 10.0 Å². The topological polar surface area (TPSA) is 50.3 Å². The van der Waals surface area contributed by atoms with E-state index in [1.54, 1.807) is 7.05 Å². The van der Waals surface area contributed by atoms with Gasteiger partial charge in [-0.15, -0.1) is 0 Å². The third kappa shape index (κ3) is 2.50. The summed E-state index contributed by atoms with van der Waals surface area (Å²) in [6.07, 6.45) is 3.57. The molecule has 0 N–H and O–H groups in total. The summed E-state index contributed by atoms with van der Waals surface area (Å²) in [5.74, 6) is 0.535. The first kappa shape index (κ1) is 11.3. The van der Waals surface area contributed by atoms with Gasteiger partial charge >= 0.3 is 0 Å². The Morgan fingerprint density at radius 3 is 2.80 bits per heavy atom. The zero-order valence-corrected chi connectivity index (χ0v) is 10.6. The highest BCUT2D eigenvalue weighted by Crippen LogP contribution is 2.32. The Balaban J connectivity index is 2.17. The molecule has 0 spiro atoms. The smallest absolute Gasteiger partial charge is 0.232 e. The third-order valence-electron chi connectivity index (χ3n) is 2.33. The minimum Gasteiger partial charge on any atom is -0.232 e. The van der Waals surface area contributed by atoms with Gasteiger partial charge in [0.05, 0.1) is 6.20 Å². The van der Waals surface area contributed by atoms with Crippen LogP contribution in [0.5, 0.6) is 0 Å². The number of hydrogen-bond donors (Lipinski definition) is 0. The molecule has 4 nitrogen and oxygen atoms in total. The van der Waals surface area contributed by atoms with Crippen molar-refractivity contribution >= 4 is 33.0 Å². The fraction of sp³-hybridized carbons (Fsp3) is 0.625. The first-order valence-corrected chi connectivity index (χ1v) is 7.21. The SMILES string of the molecule is CN(CC1CC1)S(=O)(=O)c1cnc(Cl)s1. The fourth-order valence-corrected chi connectivity index (χ4v) is 4.03. The molecule has 1 aliphatic carbocycles. The van der Waals surface area contributed by atoms with E-state index in [2.05, 4.69) is 4.98 Å². The second-order valence-corrected chi connectivity index (χ2v) is 7.55. The minimum absolute atomic E-state index is 0.218. The van der Waals surface area contributed by atoms with Crippen LogP contribution in [0, 0.1) is 5.92 Å². The second kappa shape index (κ2) is 4.01. The Bertz CT molecular complexity index is 453. The van der Waals surface area contributed by atoms with E-state index in [0.29, 0.717) is 12.5 Å². The second-order valence-electron chi connectivity index (χ2n) is 3.66. The Kier molecular flexibility index (Phi) is 3.03. The molecule has 0 aromatic carbocycles. The summed E-state index contributed by atoms with van der Waals surface area (Å²) >= 11 is 6.61. The molecule has 0 unspecified atom stereocenters. The van der Waals surface area contributed by atoms with Gasteiger partial charge in [0.2, 0.25) is 0 Å². The van der Waals surface area contributed by atoms with Gasteiger partial charge in [0.25, 0.3) is 10.0 Å². The largest absolute Gasteiger partial charge is 0.253 e. The molecule has 2 rings (SSSR count). The lowest BCUT2D eigenvalue weighted by molar-refractivity contribution is 0.454. The van der Waals surface area contributed by atoms with Gasteiger partial charge in [-0.3, -0.25) is 0 Å². The molecule has 0 amide bonds. The highest BCUT2D eigenvalue weighted by Gasteiger charge is 2.30. The van der Waals surface area contributed by atoms with E-state index in [1.165, 1.54) is 10.5 Å². The molecule has 84 valence electrons. The van der Waals surface area contributed by atoms with E-state index in [4.69, 9.17) is 11.6 Å². The van der Waals surface area contributed by atoms with Crippen LogP contribution in [0.2, 0.25) is 4.47 Å². The molecule has 1 aliphatic rings. The summed E-state index contributed by atoms with van der Waals surface area (Å²) in [6, 6.07) is 0. The quantitative estimate of drug-likeness (QED) is 0.835. The summed E-state index contributed by atoms with van der Waals surface area (Å²) in [7, 11) is -1.77. The van der Waals surface area contributed by atoms with Crippen LogP contribution in [0.4, 0.5) is 0 Å². The van der Waals surface area contributed by atoms with Crippen LogP contribution in [0.3, 0.4) is 0 Å². The lowest BCUT2D eigenvalue weighted by Crippen LogP contribution is -2.28. The zero-order valence-electron chi connectivity index (χ0n) is 8.18. The molecular formula is C8H11ClN2O2S2. The van der Waals surface area contributed by atoms with Gasteiger partial charge in [-0.25, -0.2) is 13.4 Å². The van der Waals surface area contributed by atoms with Gasteiger partial charge in [0, 0.05) is 13.6 Å². The van der Waals surface area contributed by atoms with Crippen molar-refractivity contribution < 1.29 is 8.42 Å². The normalized spacial score (nSPS) is 17.3. The van der Waals surface area contributed by atoms with Crippen molar-refractivity contribution in [1.29, 1.82) is 0 Å². The number of aromatic nitrogens is 1. The Hall–Kier alpha value is -0.170. The lowest BCUT2D eigenvalue weighted by atomic mass is 10.4. The molecule has 1 heterocycles. The summed E-state index contributed by atoms with van der Waals surface area (Å²) in [4.78, 5) is 3.74. The molecule has 7 heteroatoms. The molecule has 0 aliphatic heterocycles. The maximum Gasteiger partial charge on any atom is 0.253 e. The predicted octanol–water partition coefficient (Wildman–Crippen LogP) is 1.83. The maximum atomic E-state index is 11.9. The van der Waals surface area contributed by atoms with Crippen molar-refractivity contribution in [3.63, 3.8) is 0 Å². The fourth-order valence-electron chi connectivity index (χ4n) is 1.27. The first-order chi connectivity index (χ1) is 7.00. The van der Waals surface area contributed by atoms with Gasteiger partial charge < -0.3 is 0 Å². The molecule has 1 saturated carbocycles. The summed E-state index contributed by atoms with van der Waals surface area (Å²) < 4.78 is 25.8. The van der Waals surface area contributed by atoms with Crippen LogP contribution >= 0.6 is 22.9 Å². The molecule has 15 heavy (non-hydrogen) atoms. The number of hydrogen-bond acceptors (Lipinski definition) is 4. The lowest BCUT2D eigenvalue weighted by Gasteiger charge is -2.14. The number of nitrogens with zero attached hydrogens (tertiary/aromatic N) is 2. The average Bonchev–Trinajstić information content (AvgIpc) is 2.86. The molecule has 0 atom stereocenters. The van der Waals surface area contributed by atoms with Gasteiger partial charge in [-0.05, 0) is 18.8 Å². The zero-order chi connectivity index (χ0) is 11.1. The Morgan fingerprint density at radius 2 is 2.33 bits per heavy atom. The predicted molar refractivity (Wildman–Crippen MR) is 59.7 cm³/mol. The molecule has 1 aromatic heterocycles. The van der Waals surface area contributed by atoms with Crippen LogP contribution < -0.4 is 0 Å². The van der Waals surface area contributed by atoms with Crippen molar-refractivity contribution in [3.8, 4) is 0 Å². The molecule has 0 radical (unpaired) electrons.